The van der Waals surface area contributed by atoms with Crippen molar-refractivity contribution in [2.75, 3.05) is 26.2 Å². The van der Waals surface area contributed by atoms with Crippen LogP contribution in [0.1, 0.15) is 26.6 Å². The van der Waals surface area contributed by atoms with Crippen molar-refractivity contribution in [3.8, 4) is 11.4 Å². The van der Waals surface area contributed by atoms with E-state index >= 15 is 0 Å². The molecule has 8 nitrogen and oxygen atoms in total. The molecule has 0 aliphatic carbocycles. The molecule has 0 unspecified atom stereocenters. The molecule has 0 spiro atoms. The predicted molar refractivity (Wildman–Crippen MR) is 92.7 cm³/mol. The Hall–Kier alpha value is -2.48. The van der Waals surface area contributed by atoms with E-state index in [1.807, 2.05) is 32.9 Å². The fraction of sp³-hybridized carbons (Fsp3) is 0.529. The summed E-state index contributed by atoms with van der Waals surface area (Å²) in [7, 11) is 0. The Kier molecular flexibility index (Phi) is 4.98. The lowest BCUT2D eigenvalue weighted by Gasteiger charge is -2.35. The van der Waals surface area contributed by atoms with Crippen LogP contribution in [0.3, 0.4) is 0 Å². The van der Waals surface area contributed by atoms with Crippen LogP contribution in [-0.2, 0) is 11.3 Å². The summed E-state index contributed by atoms with van der Waals surface area (Å²) in [6.45, 7) is 9.19. The lowest BCUT2D eigenvalue weighted by atomic mass is 10.2. The maximum atomic E-state index is 12.1. The number of H-pyrrole nitrogens is 1. The van der Waals surface area contributed by atoms with Gasteiger partial charge in [-0.15, -0.1) is 0 Å². The first kappa shape index (κ1) is 17.3. The molecule has 1 fully saturated rings. The molecule has 1 amide bonds. The molecule has 1 N–H and O–H groups in total. The average Bonchev–Trinajstić information content (AvgIpc) is 3.03. The molecule has 25 heavy (non-hydrogen) atoms. The fourth-order valence-electron chi connectivity index (χ4n) is 2.62. The third kappa shape index (κ3) is 4.76. The van der Waals surface area contributed by atoms with E-state index in [1.165, 1.54) is 0 Å². The van der Waals surface area contributed by atoms with Crippen molar-refractivity contribution >= 4 is 6.09 Å². The molecule has 0 aromatic carbocycles. The van der Waals surface area contributed by atoms with Crippen molar-refractivity contribution in [3.63, 3.8) is 0 Å². The van der Waals surface area contributed by atoms with Crippen LogP contribution in [0.25, 0.3) is 11.4 Å². The topological polar surface area (TPSA) is 87.2 Å². The molecule has 0 atom stereocenters. The molecule has 1 saturated heterocycles. The number of hydrogen-bond donors (Lipinski definition) is 1. The smallest absolute Gasteiger partial charge is 0.410 e. The van der Waals surface area contributed by atoms with Gasteiger partial charge >= 0.3 is 6.09 Å². The molecular formula is C17H24N6O2. The third-order valence-electron chi connectivity index (χ3n) is 3.87. The molecule has 3 rings (SSSR count). The summed E-state index contributed by atoms with van der Waals surface area (Å²) in [6, 6.07) is 3.76. The Balaban J connectivity index is 1.51. The minimum absolute atomic E-state index is 0.244. The third-order valence-corrected chi connectivity index (χ3v) is 3.87. The number of carbonyl (C=O) groups is 1. The van der Waals surface area contributed by atoms with E-state index in [0.717, 1.165) is 24.5 Å². The molecular weight excluding hydrogens is 320 g/mol. The fourth-order valence-corrected chi connectivity index (χ4v) is 2.62. The summed E-state index contributed by atoms with van der Waals surface area (Å²) in [6.07, 6.45) is 3.20. The Morgan fingerprint density at radius 3 is 2.52 bits per heavy atom. The van der Waals surface area contributed by atoms with Gasteiger partial charge in [-0.1, -0.05) is 0 Å². The molecule has 0 saturated carbocycles. The molecule has 0 radical (unpaired) electrons. The lowest BCUT2D eigenvalue weighted by molar-refractivity contribution is 0.0137. The highest BCUT2D eigenvalue weighted by molar-refractivity contribution is 5.68. The second-order valence-corrected chi connectivity index (χ2v) is 7.09. The van der Waals surface area contributed by atoms with Gasteiger partial charge in [-0.2, -0.15) is 5.10 Å². The minimum Gasteiger partial charge on any atom is -0.444 e. The summed E-state index contributed by atoms with van der Waals surface area (Å²) >= 11 is 0. The summed E-state index contributed by atoms with van der Waals surface area (Å²) in [5.74, 6) is 1.49. The second kappa shape index (κ2) is 7.18. The number of nitrogens with zero attached hydrogens (tertiary/aromatic N) is 5. The highest BCUT2D eigenvalue weighted by atomic mass is 16.6. The first-order valence-corrected chi connectivity index (χ1v) is 8.43. The Bertz CT molecular complexity index is 701. The highest BCUT2D eigenvalue weighted by Gasteiger charge is 2.26. The van der Waals surface area contributed by atoms with E-state index in [2.05, 4.69) is 25.1 Å². The maximum absolute atomic E-state index is 12.1. The van der Waals surface area contributed by atoms with Gasteiger partial charge in [-0.3, -0.25) is 15.0 Å². The van der Waals surface area contributed by atoms with Crippen molar-refractivity contribution in [3.05, 3.63) is 30.4 Å². The first-order valence-electron chi connectivity index (χ1n) is 8.43. The number of rotatable bonds is 3. The van der Waals surface area contributed by atoms with Gasteiger partial charge in [0.25, 0.3) is 0 Å². The number of ether oxygens (including phenoxy) is 1. The van der Waals surface area contributed by atoms with Crippen molar-refractivity contribution in [1.29, 1.82) is 0 Å². The standard InChI is InChI=1S/C17H24N6O2/c1-17(2,3)25-16(24)23-10-8-22(9-11-23)12-14-19-15(21-20-14)13-4-6-18-7-5-13/h4-7H,8-12H2,1-3H3,(H,19,20,21). The van der Waals surface area contributed by atoms with Gasteiger partial charge in [-0.05, 0) is 32.9 Å². The number of aromatic nitrogens is 4. The summed E-state index contributed by atoms with van der Waals surface area (Å²) in [4.78, 5) is 24.6. The van der Waals surface area contributed by atoms with E-state index in [0.29, 0.717) is 25.5 Å². The number of amides is 1. The Morgan fingerprint density at radius 2 is 1.88 bits per heavy atom. The zero-order valence-electron chi connectivity index (χ0n) is 14.9. The number of aromatic amines is 1. The molecule has 2 aromatic rings. The minimum atomic E-state index is -0.461. The van der Waals surface area contributed by atoms with Gasteiger partial charge in [0.15, 0.2) is 5.82 Å². The normalized spacial score (nSPS) is 16.0. The van der Waals surface area contributed by atoms with Crippen molar-refractivity contribution < 1.29 is 9.53 Å². The van der Waals surface area contributed by atoms with Crippen LogP contribution in [-0.4, -0.2) is 67.8 Å². The first-order chi connectivity index (χ1) is 11.9. The molecule has 1 aliphatic heterocycles. The van der Waals surface area contributed by atoms with Gasteiger partial charge in [0.2, 0.25) is 0 Å². The zero-order valence-corrected chi connectivity index (χ0v) is 14.9. The lowest BCUT2D eigenvalue weighted by Crippen LogP contribution is -2.49. The van der Waals surface area contributed by atoms with E-state index in [4.69, 9.17) is 4.74 Å². The number of pyridine rings is 1. The van der Waals surface area contributed by atoms with Gasteiger partial charge in [0, 0.05) is 44.1 Å². The summed E-state index contributed by atoms with van der Waals surface area (Å²) < 4.78 is 5.42. The molecule has 2 aromatic heterocycles. The van der Waals surface area contributed by atoms with Crippen LogP contribution in [0.5, 0.6) is 0 Å². The van der Waals surface area contributed by atoms with Crippen LogP contribution in [0, 0.1) is 0 Å². The van der Waals surface area contributed by atoms with E-state index in [-0.39, 0.29) is 6.09 Å². The predicted octanol–water partition coefficient (Wildman–Crippen LogP) is 1.92. The van der Waals surface area contributed by atoms with Crippen LogP contribution in [0.15, 0.2) is 24.5 Å². The number of piperazine rings is 1. The quantitative estimate of drug-likeness (QED) is 0.915. The molecule has 8 heteroatoms. The molecule has 134 valence electrons. The summed E-state index contributed by atoms with van der Waals surface area (Å²) in [5, 5.41) is 7.25. The molecule has 1 aliphatic rings. The second-order valence-electron chi connectivity index (χ2n) is 7.09. The van der Waals surface area contributed by atoms with Gasteiger partial charge in [0.1, 0.15) is 11.4 Å². The van der Waals surface area contributed by atoms with Gasteiger partial charge in [0.05, 0.1) is 6.54 Å². The largest absolute Gasteiger partial charge is 0.444 e. The Morgan fingerprint density at radius 1 is 1.20 bits per heavy atom. The SMILES string of the molecule is CC(C)(C)OC(=O)N1CCN(Cc2nc(-c3ccncc3)n[nH]2)CC1. The van der Waals surface area contributed by atoms with Gasteiger partial charge in [-0.25, -0.2) is 9.78 Å². The van der Waals surface area contributed by atoms with Crippen molar-refractivity contribution in [2.45, 2.75) is 32.9 Å². The van der Waals surface area contributed by atoms with E-state index in [1.54, 1.807) is 17.3 Å². The van der Waals surface area contributed by atoms with Crippen LogP contribution in [0.2, 0.25) is 0 Å². The number of carbonyl (C=O) groups excluding carboxylic acids is 1. The Labute approximate surface area is 147 Å². The average molecular weight is 344 g/mol. The van der Waals surface area contributed by atoms with Crippen LogP contribution in [0.4, 0.5) is 4.79 Å². The van der Waals surface area contributed by atoms with Crippen LogP contribution >= 0.6 is 0 Å². The van der Waals surface area contributed by atoms with Crippen molar-refractivity contribution in [1.82, 2.24) is 30.0 Å². The number of nitrogens with one attached hydrogen (secondary N) is 1. The zero-order chi connectivity index (χ0) is 17.9. The summed E-state index contributed by atoms with van der Waals surface area (Å²) in [5.41, 5.74) is 0.476. The maximum Gasteiger partial charge on any atom is 0.410 e. The van der Waals surface area contributed by atoms with Gasteiger partial charge < -0.3 is 9.64 Å². The van der Waals surface area contributed by atoms with E-state index < -0.39 is 5.60 Å². The monoisotopic (exact) mass is 344 g/mol. The van der Waals surface area contributed by atoms with E-state index in [9.17, 15) is 4.79 Å². The molecule has 0 bridgehead atoms. The highest BCUT2D eigenvalue weighted by Crippen LogP contribution is 2.15. The molecule has 3 heterocycles. The van der Waals surface area contributed by atoms with Crippen LogP contribution < -0.4 is 0 Å². The number of hydrogen-bond acceptors (Lipinski definition) is 6. The van der Waals surface area contributed by atoms with Crippen molar-refractivity contribution in [2.24, 2.45) is 0 Å².